The fourth-order valence-electron chi connectivity index (χ4n) is 3.34. The highest BCUT2D eigenvalue weighted by atomic mass is 16.2. The number of rotatable bonds is 4. The van der Waals surface area contributed by atoms with Crippen molar-refractivity contribution >= 4 is 17.6 Å². The minimum Gasteiger partial charge on any atom is -0.329 e. The fourth-order valence-corrected chi connectivity index (χ4v) is 3.34. The van der Waals surface area contributed by atoms with Crippen molar-refractivity contribution in [2.24, 2.45) is 0 Å². The van der Waals surface area contributed by atoms with Crippen LogP contribution in [0.5, 0.6) is 0 Å². The molecule has 0 radical (unpaired) electrons. The number of carbonyl (C=O) groups excluding carboxylic acids is 2. The minimum absolute atomic E-state index is 0.0101. The first-order chi connectivity index (χ1) is 12.1. The third-order valence-electron chi connectivity index (χ3n) is 4.49. The number of hydrogen-bond donors (Lipinski definition) is 3. The number of aryl methyl sites for hydroxylation is 2. The molecular weight excluding hydrogens is 318 g/mol. The molecule has 3 amide bonds. The van der Waals surface area contributed by atoms with E-state index in [1.165, 1.54) is 0 Å². The van der Waals surface area contributed by atoms with E-state index < -0.39 is 0 Å². The Balaban J connectivity index is 1.58. The molecule has 1 aromatic carbocycles. The van der Waals surface area contributed by atoms with Crippen molar-refractivity contribution in [3.8, 4) is 0 Å². The lowest BCUT2D eigenvalue weighted by Crippen LogP contribution is -2.42. The Hall–Kier alpha value is -2.83. The molecule has 7 heteroatoms. The molecular formula is C18H23N5O2. The van der Waals surface area contributed by atoms with Gasteiger partial charge in [-0.25, -0.2) is 4.79 Å². The van der Waals surface area contributed by atoms with E-state index in [9.17, 15) is 9.59 Å². The Morgan fingerprint density at radius 1 is 1.28 bits per heavy atom. The van der Waals surface area contributed by atoms with Crippen molar-refractivity contribution in [1.29, 1.82) is 0 Å². The highest BCUT2D eigenvalue weighted by Gasteiger charge is 2.33. The summed E-state index contributed by atoms with van der Waals surface area (Å²) in [4.78, 5) is 26.3. The average Bonchev–Trinajstić information content (AvgIpc) is 3.20. The number of aromatic nitrogens is 2. The first-order valence-corrected chi connectivity index (χ1v) is 8.47. The Kier molecular flexibility index (Phi) is 5.02. The van der Waals surface area contributed by atoms with Crippen molar-refractivity contribution in [1.82, 2.24) is 20.4 Å². The number of nitrogens with zero attached hydrogens (tertiary/aromatic N) is 2. The quantitative estimate of drug-likeness (QED) is 0.798. The second-order valence-electron chi connectivity index (χ2n) is 6.27. The van der Waals surface area contributed by atoms with E-state index in [2.05, 4.69) is 20.8 Å². The Labute approximate surface area is 146 Å². The lowest BCUT2D eigenvalue weighted by Gasteiger charge is -2.25. The van der Waals surface area contributed by atoms with E-state index in [0.29, 0.717) is 12.2 Å². The first kappa shape index (κ1) is 17.0. The van der Waals surface area contributed by atoms with Gasteiger partial charge in [0.2, 0.25) is 5.91 Å². The zero-order valence-corrected chi connectivity index (χ0v) is 14.5. The highest BCUT2D eigenvalue weighted by molar-refractivity contribution is 5.94. The van der Waals surface area contributed by atoms with Gasteiger partial charge in [-0.2, -0.15) is 5.10 Å². The van der Waals surface area contributed by atoms with Gasteiger partial charge in [0, 0.05) is 23.5 Å². The minimum atomic E-state index is -0.244. The second kappa shape index (κ2) is 7.38. The summed E-state index contributed by atoms with van der Waals surface area (Å²) in [6, 6.07) is 8.98. The molecule has 0 unspecified atom stereocenters. The molecule has 2 aromatic rings. The predicted molar refractivity (Wildman–Crippen MR) is 95.2 cm³/mol. The summed E-state index contributed by atoms with van der Waals surface area (Å²) in [6.45, 7) is 4.54. The van der Waals surface area contributed by atoms with Crippen LogP contribution >= 0.6 is 0 Å². The van der Waals surface area contributed by atoms with Gasteiger partial charge in [-0.15, -0.1) is 0 Å². The van der Waals surface area contributed by atoms with E-state index in [1.807, 2.05) is 32.0 Å². The largest absolute Gasteiger partial charge is 0.329 e. The number of urea groups is 1. The number of nitrogens with one attached hydrogen (secondary N) is 3. The van der Waals surface area contributed by atoms with Gasteiger partial charge in [-0.3, -0.25) is 9.89 Å². The van der Waals surface area contributed by atoms with Crippen LogP contribution in [-0.2, 0) is 4.79 Å². The summed E-state index contributed by atoms with van der Waals surface area (Å²) in [7, 11) is 0. The van der Waals surface area contributed by atoms with Crippen LogP contribution in [0.1, 0.15) is 35.8 Å². The zero-order valence-electron chi connectivity index (χ0n) is 14.5. The van der Waals surface area contributed by atoms with E-state index in [-0.39, 0.29) is 24.5 Å². The van der Waals surface area contributed by atoms with E-state index in [4.69, 9.17) is 0 Å². The van der Waals surface area contributed by atoms with Crippen LogP contribution in [-0.4, -0.2) is 40.1 Å². The van der Waals surface area contributed by atoms with Gasteiger partial charge in [0.05, 0.1) is 18.3 Å². The van der Waals surface area contributed by atoms with Crippen LogP contribution in [0.4, 0.5) is 10.5 Å². The van der Waals surface area contributed by atoms with Gasteiger partial charge in [0.1, 0.15) is 0 Å². The van der Waals surface area contributed by atoms with Gasteiger partial charge < -0.3 is 15.5 Å². The molecule has 1 aromatic heterocycles. The molecule has 3 N–H and O–H groups in total. The van der Waals surface area contributed by atoms with Crippen LogP contribution in [0.2, 0.25) is 0 Å². The summed E-state index contributed by atoms with van der Waals surface area (Å²) >= 11 is 0. The summed E-state index contributed by atoms with van der Waals surface area (Å²) in [5.41, 5.74) is 3.71. The second-order valence-corrected chi connectivity index (χ2v) is 6.27. The third kappa shape index (κ3) is 3.81. The predicted octanol–water partition coefficient (Wildman–Crippen LogP) is 2.51. The van der Waals surface area contributed by atoms with Crippen LogP contribution in [0.3, 0.4) is 0 Å². The van der Waals surface area contributed by atoms with Gasteiger partial charge in [-0.1, -0.05) is 18.2 Å². The van der Waals surface area contributed by atoms with Crippen molar-refractivity contribution < 1.29 is 9.59 Å². The van der Waals surface area contributed by atoms with Crippen LogP contribution < -0.4 is 10.6 Å². The van der Waals surface area contributed by atoms with Crippen LogP contribution in [0.15, 0.2) is 30.3 Å². The number of carbonyl (C=O) groups is 2. The number of hydrogen-bond acceptors (Lipinski definition) is 3. The maximum Gasteiger partial charge on any atom is 0.318 e. The fraction of sp³-hybridized carbons (Fsp3) is 0.389. The van der Waals surface area contributed by atoms with Gasteiger partial charge in [0.25, 0.3) is 0 Å². The normalized spacial score (nSPS) is 16.7. The molecule has 0 bridgehead atoms. The number of anilines is 1. The standard InChI is InChI=1S/C18H23N5O2/c1-12-17(13(2)22-21-12)15-9-6-10-23(15)18(25)19-11-16(24)20-14-7-4-3-5-8-14/h3-5,7-8,15H,6,9-11H2,1-2H3,(H,19,25)(H,20,24)(H,21,22)/t15-/m0/s1. The van der Waals surface area contributed by atoms with E-state index in [0.717, 1.165) is 29.8 Å². The molecule has 25 heavy (non-hydrogen) atoms. The van der Waals surface area contributed by atoms with Crippen molar-refractivity contribution in [2.75, 3.05) is 18.4 Å². The molecule has 1 aliphatic rings. The molecule has 3 rings (SSSR count). The summed E-state index contributed by atoms with van der Waals surface area (Å²) in [5, 5.41) is 12.7. The maximum atomic E-state index is 12.5. The summed E-state index contributed by atoms with van der Waals surface area (Å²) < 4.78 is 0. The molecule has 1 aliphatic heterocycles. The monoisotopic (exact) mass is 341 g/mol. The lowest BCUT2D eigenvalue weighted by molar-refractivity contribution is -0.115. The Bertz CT molecular complexity index is 737. The van der Waals surface area contributed by atoms with E-state index >= 15 is 0 Å². The smallest absolute Gasteiger partial charge is 0.318 e. The highest BCUT2D eigenvalue weighted by Crippen LogP contribution is 2.34. The number of H-pyrrole nitrogens is 1. The van der Waals surface area contributed by atoms with Gasteiger partial charge >= 0.3 is 6.03 Å². The summed E-state index contributed by atoms with van der Waals surface area (Å²) in [5.74, 6) is -0.244. The lowest BCUT2D eigenvalue weighted by atomic mass is 10.0. The molecule has 7 nitrogen and oxygen atoms in total. The Morgan fingerprint density at radius 2 is 2.04 bits per heavy atom. The maximum absolute atomic E-state index is 12.5. The summed E-state index contributed by atoms with van der Waals surface area (Å²) in [6.07, 6.45) is 1.85. The molecule has 1 atom stereocenters. The van der Waals surface area contributed by atoms with Gasteiger partial charge in [0.15, 0.2) is 0 Å². The molecule has 132 valence electrons. The van der Waals surface area contributed by atoms with Crippen molar-refractivity contribution in [3.63, 3.8) is 0 Å². The zero-order chi connectivity index (χ0) is 17.8. The SMILES string of the molecule is Cc1n[nH]c(C)c1[C@@H]1CCCN1C(=O)NCC(=O)Nc1ccccc1. The van der Waals surface area contributed by atoms with Crippen molar-refractivity contribution in [3.05, 3.63) is 47.3 Å². The average molecular weight is 341 g/mol. The number of para-hydroxylation sites is 1. The van der Waals surface area contributed by atoms with E-state index in [1.54, 1.807) is 17.0 Å². The topological polar surface area (TPSA) is 90.1 Å². The molecule has 2 heterocycles. The number of aromatic amines is 1. The first-order valence-electron chi connectivity index (χ1n) is 8.47. The number of likely N-dealkylation sites (tertiary alicyclic amines) is 1. The molecule has 1 saturated heterocycles. The molecule has 0 aliphatic carbocycles. The molecule has 0 spiro atoms. The van der Waals surface area contributed by atoms with Crippen LogP contribution in [0.25, 0.3) is 0 Å². The molecule has 0 saturated carbocycles. The van der Waals surface area contributed by atoms with Crippen molar-refractivity contribution in [2.45, 2.75) is 32.7 Å². The van der Waals surface area contributed by atoms with Gasteiger partial charge in [-0.05, 0) is 38.8 Å². The number of benzene rings is 1. The number of amides is 3. The van der Waals surface area contributed by atoms with Crippen LogP contribution in [0, 0.1) is 13.8 Å². The molecule has 1 fully saturated rings. The third-order valence-corrected chi connectivity index (χ3v) is 4.49. The Morgan fingerprint density at radius 3 is 2.72 bits per heavy atom.